The van der Waals surface area contributed by atoms with Gasteiger partial charge in [0.2, 0.25) is 0 Å². The highest BCUT2D eigenvalue weighted by atomic mass is 79.9. The van der Waals surface area contributed by atoms with Crippen LogP contribution in [0.1, 0.15) is 11.1 Å². The number of hydrogen-bond acceptors (Lipinski definition) is 2. The van der Waals surface area contributed by atoms with E-state index >= 15 is 0 Å². The van der Waals surface area contributed by atoms with Crippen LogP contribution in [0.3, 0.4) is 0 Å². The highest BCUT2D eigenvalue weighted by Crippen LogP contribution is 2.46. The van der Waals surface area contributed by atoms with Gasteiger partial charge in [-0.15, -0.1) is 0 Å². The minimum absolute atomic E-state index is 0.00280. The first-order chi connectivity index (χ1) is 6.68. The molecule has 0 aromatic heterocycles. The number of alkyl halides is 3. The van der Waals surface area contributed by atoms with Crippen molar-refractivity contribution in [3.05, 3.63) is 20.1 Å². The van der Waals surface area contributed by atoms with E-state index in [0.29, 0.717) is 5.56 Å². The summed E-state index contributed by atoms with van der Waals surface area (Å²) in [5.74, 6) is 0. The van der Waals surface area contributed by atoms with E-state index in [-0.39, 0.29) is 20.3 Å². The third-order valence-corrected chi connectivity index (χ3v) is 3.65. The normalized spacial score (nSPS) is 11.9. The first kappa shape index (κ1) is 12.6. The number of benzene rings is 1. The highest BCUT2D eigenvalue weighted by molar-refractivity contribution is 9.11. The molecule has 0 aliphatic carbocycles. The van der Waals surface area contributed by atoms with Gasteiger partial charge in [0.05, 0.1) is 25.9 Å². The zero-order chi connectivity index (χ0) is 12.0. The Morgan fingerprint density at radius 2 is 1.33 bits per heavy atom. The van der Waals surface area contributed by atoms with Crippen LogP contribution in [0.25, 0.3) is 0 Å². The molecule has 0 heterocycles. The number of anilines is 2. The summed E-state index contributed by atoms with van der Waals surface area (Å²) in [5.41, 5.74) is 10.5. The van der Waals surface area contributed by atoms with Crippen molar-refractivity contribution >= 4 is 43.2 Å². The van der Waals surface area contributed by atoms with Gasteiger partial charge in [0.15, 0.2) is 0 Å². The second-order valence-corrected chi connectivity index (χ2v) is 4.54. The molecule has 0 saturated heterocycles. The zero-order valence-electron chi connectivity index (χ0n) is 7.54. The number of hydrogen-bond donors (Lipinski definition) is 2. The lowest BCUT2D eigenvalue weighted by Crippen LogP contribution is -2.12. The Labute approximate surface area is 101 Å². The van der Waals surface area contributed by atoms with Gasteiger partial charge in [-0.25, -0.2) is 0 Å². The van der Waals surface area contributed by atoms with Gasteiger partial charge >= 0.3 is 6.18 Å². The molecule has 0 aliphatic rings. The summed E-state index contributed by atoms with van der Waals surface area (Å²) in [6, 6.07) is 0. The van der Waals surface area contributed by atoms with Crippen LogP contribution >= 0.6 is 31.9 Å². The fraction of sp³-hybridized carbons (Fsp3) is 0.250. The van der Waals surface area contributed by atoms with Crippen molar-refractivity contribution in [1.29, 1.82) is 0 Å². The molecular weight excluding hydrogens is 341 g/mol. The Balaban J connectivity index is 3.68. The first-order valence-corrected chi connectivity index (χ1v) is 5.36. The van der Waals surface area contributed by atoms with Crippen LogP contribution in [-0.4, -0.2) is 0 Å². The number of nitrogens with two attached hydrogens (primary N) is 2. The van der Waals surface area contributed by atoms with E-state index in [1.54, 1.807) is 6.92 Å². The van der Waals surface area contributed by atoms with Crippen LogP contribution < -0.4 is 11.5 Å². The lowest BCUT2D eigenvalue weighted by atomic mass is 10.1. The molecule has 1 aromatic rings. The molecule has 0 saturated carbocycles. The van der Waals surface area contributed by atoms with Crippen molar-refractivity contribution in [2.75, 3.05) is 11.5 Å². The third-order valence-electron chi connectivity index (χ3n) is 2.00. The lowest BCUT2D eigenvalue weighted by Gasteiger charge is -2.17. The van der Waals surface area contributed by atoms with Crippen LogP contribution in [0.2, 0.25) is 0 Å². The molecule has 0 spiro atoms. The van der Waals surface area contributed by atoms with Gasteiger partial charge in [-0.05, 0) is 44.3 Å². The average molecular weight is 348 g/mol. The molecule has 1 aromatic carbocycles. The fourth-order valence-electron chi connectivity index (χ4n) is 1.09. The minimum atomic E-state index is -4.51. The maximum atomic E-state index is 12.6. The number of halogens is 5. The maximum absolute atomic E-state index is 12.6. The predicted octanol–water partition coefficient (Wildman–Crippen LogP) is 3.70. The van der Waals surface area contributed by atoms with Crippen LogP contribution in [0.4, 0.5) is 24.5 Å². The maximum Gasteiger partial charge on any atom is 0.418 e. The van der Waals surface area contributed by atoms with Crippen LogP contribution in [0, 0.1) is 6.92 Å². The predicted molar refractivity (Wildman–Crippen MR) is 60.4 cm³/mol. The largest absolute Gasteiger partial charge is 0.418 e. The summed E-state index contributed by atoms with van der Waals surface area (Å²) in [4.78, 5) is 0. The molecule has 1 rings (SSSR count). The Morgan fingerprint density at radius 3 is 1.60 bits per heavy atom. The van der Waals surface area contributed by atoms with Crippen LogP contribution in [0.5, 0.6) is 0 Å². The summed E-state index contributed by atoms with van der Waals surface area (Å²) in [5, 5.41) is 0. The molecule has 0 radical (unpaired) electrons. The summed E-state index contributed by atoms with van der Waals surface area (Å²) in [6.07, 6.45) is -4.51. The summed E-state index contributed by atoms with van der Waals surface area (Å²) < 4.78 is 37.5. The molecule has 0 atom stereocenters. The summed E-state index contributed by atoms with van der Waals surface area (Å²) in [6.45, 7) is 1.56. The fourth-order valence-corrected chi connectivity index (χ4v) is 2.80. The second kappa shape index (κ2) is 3.86. The molecule has 0 bridgehead atoms. The van der Waals surface area contributed by atoms with Crippen molar-refractivity contribution in [1.82, 2.24) is 0 Å². The van der Waals surface area contributed by atoms with Crippen molar-refractivity contribution in [3.63, 3.8) is 0 Å². The van der Waals surface area contributed by atoms with E-state index in [9.17, 15) is 13.2 Å². The van der Waals surface area contributed by atoms with Crippen molar-refractivity contribution in [2.45, 2.75) is 13.1 Å². The smallest absolute Gasteiger partial charge is 0.398 e. The monoisotopic (exact) mass is 346 g/mol. The van der Waals surface area contributed by atoms with Crippen LogP contribution in [-0.2, 0) is 6.18 Å². The molecule has 0 fully saturated rings. The molecular formula is C8H7Br2F3N2. The van der Waals surface area contributed by atoms with Crippen molar-refractivity contribution in [2.24, 2.45) is 0 Å². The molecule has 0 aliphatic heterocycles. The molecule has 7 heteroatoms. The Hall–Kier alpha value is -0.430. The standard InChI is InChI=1S/C8H7Br2F3N2/c1-2-6(14)4(9)3(8(11,12)13)5(10)7(2)15/h14-15H2,1H3. The molecule has 0 unspecified atom stereocenters. The van der Waals surface area contributed by atoms with Gasteiger partial charge in [-0.1, -0.05) is 0 Å². The van der Waals surface area contributed by atoms with Crippen molar-refractivity contribution in [3.8, 4) is 0 Å². The van der Waals surface area contributed by atoms with E-state index in [1.165, 1.54) is 0 Å². The topological polar surface area (TPSA) is 52.0 Å². The zero-order valence-corrected chi connectivity index (χ0v) is 10.7. The summed E-state index contributed by atoms with van der Waals surface area (Å²) >= 11 is 5.64. The molecule has 2 nitrogen and oxygen atoms in total. The number of nitrogen functional groups attached to an aromatic ring is 2. The van der Waals surface area contributed by atoms with Gasteiger partial charge in [-0.2, -0.15) is 13.2 Å². The Kier molecular flexibility index (Phi) is 3.25. The molecule has 0 amide bonds. The second-order valence-electron chi connectivity index (χ2n) is 2.95. The quantitative estimate of drug-likeness (QED) is 0.703. The van der Waals surface area contributed by atoms with Crippen LogP contribution in [0.15, 0.2) is 8.95 Å². The van der Waals surface area contributed by atoms with E-state index in [0.717, 1.165) is 0 Å². The minimum Gasteiger partial charge on any atom is -0.398 e. The van der Waals surface area contributed by atoms with Gasteiger partial charge in [0.25, 0.3) is 0 Å². The van der Waals surface area contributed by atoms with Gasteiger partial charge in [-0.3, -0.25) is 0 Å². The van der Waals surface area contributed by atoms with E-state index in [2.05, 4.69) is 31.9 Å². The Morgan fingerprint density at radius 1 is 1.00 bits per heavy atom. The SMILES string of the molecule is Cc1c(N)c(Br)c(C(F)(F)F)c(Br)c1N. The summed E-state index contributed by atoms with van der Waals surface area (Å²) in [7, 11) is 0. The van der Waals surface area contributed by atoms with Gasteiger partial charge < -0.3 is 11.5 Å². The Bertz CT molecular complexity index is 386. The van der Waals surface area contributed by atoms with E-state index in [4.69, 9.17) is 11.5 Å². The van der Waals surface area contributed by atoms with Gasteiger partial charge in [0, 0.05) is 0 Å². The average Bonchev–Trinajstić information content (AvgIpc) is 2.09. The van der Waals surface area contributed by atoms with Crippen molar-refractivity contribution < 1.29 is 13.2 Å². The van der Waals surface area contributed by atoms with E-state index < -0.39 is 11.7 Å². The highest BCUT2D eigenvalue weighted by Gasteiger charge is 2.37. The first-order valence-electron chi connectivity index (χ1n) is 3.77. The van der Waals surface area contributed by atoms with E-state index in [1.807, 2.05) is 0 Å². The molecule has 4 N–H and O–H groups in total. The molecule has 84 valence electrons. The lowest BCUT2D eigenvalue weighted by molar-refractivity contribution is -0.138. The third kappa shape index (κ3) is 2.08. The number of rotatable bonds is 0. The van der Waals surface area contributed by atoms with Gasteiger partial charge in [0.1, 0.15) is 0 Å². The molecule has 15 heavy (non-hydrogen) atoms.